The number of aromatic nitrogens is 4. The summed E-state index contributed by atoms with van der Waals surface area (Å²) in [6.07, 6.45) is 2.72. The fraction of sp³-hybridized carbons (Fsp3) is 0.333. The van der Waals surface area contributed by atoms with E-state index in [-0.39, 0.29) is 28.2 Å². The van der Waals surface area contributed by atoms with E-state index < -0.39 is 18.0 Å². The van der Waals surface area contributed by atoms with E-state index in [1.54, 1.807) is 27.5 Å². The van der Waals surface area contributed by atoms with Crippen molar-refractivity contribution in [3.05, 3.63) is 86.1 Å². The van der Waals surface area contributed by atoms with E-state index in [4.69, 9.17) is 23.2 Å². The average molecular weight is 560 g/mol. The molecular formula is C27H25Cl2F2N5O2. The quantitative estimate of drug-likeness (QED) is 0.308. The van der Waals surface area contributed by atoms with Crippen molar-refractivity contribution in [2.75, 3.05) is 0 Å². The number of hydrogen-bond donors (Lipinski definition) is 1. The number of carbonyl (C=O) groups is 1. The number of alkyl halides is 2. The fourth-order valence-corrected chi connectivity index (χ4v) is 5.36. The van der Waals surface area contributed by atoms with E-state index >= 15 is 0 Å². The van der Waals surface area contributed by atoms with Gasteiger partial charge in [-0.1, -0.05) is 29.3 Å². The minimum atomic E-state index is -2.88. The number of aryl methyl sites for hydroxylation is 1. The molecule has 1 aromatic carbocycles. The van der Waals surface area contributed by atoms with Crippen molar-refractivity contribution in [2.45, 2.75) is 51.6 Å². The molecule has 0 spiro atoms. The lowest BCUT2D eigenvalue weighted by Gasteiger charge is -2.29. The van der Waals surface area contributed by atoms with Gasteiger partial charge in [0.1, 0.15) is 5.69 Å². The van der Waals surface area contributed by atoms with Crippen LogP contribution in [-0.2, 0) is 6.54 Å². The van der Waals surface area contributed by atoms with Gasteiger partial charge in [0.05, 0.1) is 21.8 Å². The molecule has 1 aliphatic rings. The maximum atomic E-state index is 13.5. The third-order valence-corrected chi connectivity index (χ3v) is 7.68. The Labute approximate surface area is 227 Å². The molecule has 1 saturated carbocycles. The zero-order valence-electron chi connectivity index (χ0n) is 20.5. The molecule has 5 rings (SSSR count). The van der Waals surface area contributed by atoms with Crippen molar-refractivity contribution in [3.63, 3.8) is 0 Å². The molecular weight excluding hydrogens is 535 g/mol. The van der Waals surface area contributed by atoms with Gasteiger partial charge in [-0.3, -0.25) is 14.3 Å². The molecule has 198 valence electrons. The fourth-order valence-electron chi connectivity index (χ4n) is 5.03. The highest BCUT2D eigenvalue weighted by atomic mass is 35.5. The summed E-state index contributed by atoms with van der Waals surface area (Å²) in [7, 11) is 0. The van der Waals surface area contributed by atoms with Crippen molar-refractivity contribution in [1.82, 2.24) is 24.4 Å². The van der Waals surface area contributed by atoms with Crippen LogP contribution < -0.4 is 11.0 Å². The highest BCUT2D eigenvalue weighted by Gasteiger charge is 2.27. The molecule has 0 atom stereocenters. The first-order valence-electron chi connectivity index (χ1n) is 12.3. The van der Waals surface area contributed by atoms with Crippen molar-refractivity contribution >= 4 is 40.3 Å². The van der Waals surface area contributed by atoms with Gasteiger partial charge < -0.3 is 5.32 Å². The number of amides is 1. The number of pyridine rings is 2. The summed E-state index contributed by atoms with van der Waals surface area (Å²) < 4.78 is 30.0. The van der Waals surface area contributed by atoms with Gasteiger partial charge in [-0.25, -0.2) is 23.1 Å². The number of fused-ring (bicyclic) bond motifs is 1. The number of halogens is 4. The molecule has 0 radical (unpaired) electrons. The zero-order valence-corrected chi connectivity index (χ0v) is 22.0. The highest BCUT2D eigenvalue weighted by molar-refractivity contribution is 6.31. The smallest absolute Gasteiger partial charge is 0.334 e. The van der Waals surface area contributed by atoms with Gasteiger partial charge in [-0.2, -0.15) is 0 Å². The third-order valence-electron chi connectivity index (χ3n) is 7.06. The topological polar surface area (TPSA) is 81.8 Å². The van der Waals surface area contributed by atoms with Crippen LogP contribution in [0.1, 0.15) is 53.7 Å². The predicted octanol–water partition coefficient (Wildman–Crippen LogP) is 6.12. The Kier molecular flexibility index (Phi) is 7.49. The summed E-state index contributed by atoms with van der Waals surface area (Å²) in [6, 6.07) is 10.2. The van der Waals surface area contributed by atoms with Crippen molar-refractivity contribution in [2.24, 2.45) is 5.92 Å². The minimum absolute atomic E-state index is 0.121. The van der Waals surface area contributed by atoms with Gasteiger partial charge in [-0.05, 0) is 74.4 Å². The second kappa shape index (κ2) is 10.8. The van der Waals surface area contributed by atoms with Crippen molar-refractivity contribution in [1.29, 1.82) is 0 Å². The van der Waals surface area contributed by atoms with Crippen LogP contribution in [0.4, 0.5) is 8.78 Å². The molecule has 1 amide bonds. The SMILES string of the molecule is Cc1ccc(-n2c(=O)n(CC3CCC(NC(=O)c4cc(Cl)cnc4C(F)F)CC3)c3cccnc32)cc1Cl. The maximum absolute atomic E-state index is 13.5. The molecule has 0 bridgehead atoms. The number of benzene rings is 1. The zero-order chi connectivity index (χ0) is 27.0. The van der Waals surface area contributed by atoms with E-state index in [2.05, 4.69) is 15.3 Å². The summed E-state index contributed by atoms with van der Waals surface area (Å²) in [5.74, 6) is -0.410. The number of hydrogen-bond acceptors (Lipinski definition) is 4. The minimum Gasteiger partial charge on any atom is -0.349 e. The Morgan fingerprint density at radius 1 is 1.13 bits per heavy atom. The molecule has 11 heteroatoms. The van der Waals surface area contributed by atoms with E-state index in [0.29, 0.717) is 35.7 Å². The molecule has 3 aromatic heterocycles. The first-order valence-corrected chi connectivity index (χ1v) is 13.1. The summed E-state index contributed by atoms with van der Waals surface area (Å²) >= 11 is 12.2. The number of nitrogens with one attached hydrogen (secondary N) is 1. The van der Waals surface area contributed by atoms with E-state index in [1.807, 2.05) is 25.1 Å². The van der Waals surface area contributed by atoms with Crippen LogP contribution in [0.25, 0.3) is 16.9 Å². The lowest BCUT2D eigenvalue weighted by molar-refractivity contribution is 0.0904. The molecule has 1 fully saturated rings. The van der Waals surface area contributed by atoms with Gasteiger partial charge in [-0.15, -0.1) is 0 Å². The van der Waals surface area contributed by atoms with Crippen LogP contribution in [0.15, 0.2) is 53.6 Å². The summed E-state index contributed by atoms with van der Waals surface area (Å²) in [5, 5.41) is 3.54. The number of carbonyl (C=O) groups excluding carboxylic acids is 1. The largest absolute Gasteiger partial charge is 0.349 e. The summed E-state index contributed by atoms with van der Waals surface area (Å²) in [4.78, 5) is 34.4. The standard InChI is InChI=1S/C27H25Cl2F2N5O2/c1-15-4-9-19(12-21(15)29)36-25-22(3-2-10-32-25)35(27(36)38)14-16-5-7-18(8-6-16)34-26(37)20-11-17(28)13-33-23(20)24(30)31/h2-4,9-13,16,18,24H,5-8,14H2,1H3,(H,34,37). The Morgan fingerprint density at radius 2 is 1.89 bits per heavy atom. The van der Waals surface area contributed by atoms with Crippen LogP contribution in [0, 0.1) is 12.8 Å². The third kappa shape index (κ3) is 5.17. The van der Waals surface area contributed by atoms with Crippen molar-refractivity contribution in [3.8, 4) is 5.69 Å². The van der Waals surface area contributed by atoms with Gasteiger partial charge in [0, 0.05) is 30.0 Å². The molecule has 7 nitrogen and oxygen atoms in total. The maximum Gasteiger partial charge on any atom is 0.334 e. The number of rotatable bonds is 6. The van der Waals surface area contributed by atoms with E-state index in [1.165, 1.54) is 6.07 Å². The van der Waals surface area contributed by atoms with Crippen LogP contribution in [0.3, 0.4) is 0 Å². The monoisotopic (exact) mass is 559 g/mol. The van der Waals surface area contributed by atoms with Crippen LogP contribution in [0.2, 0.25) is 10.0 Å². The highest BCUT2D eigenvalue weighted by Crippen LogP contribution is 2.29. The molecule has 38 heavy (non-hydrogen) atoms. The van der Waals surface area contributed by atoms with Gasteiger partial charge >= 0.3 is 5.69 Å². The Hall–Kier alpha value is -3.30. The first kappa shape index (κ1) is 26.3. The van der Waals surface area contributed by atoms with Crippen LogP contribution >= 0.6 is 23.2 Å². The van der Waals surface area contributed by atoms with E-state index in [0.717, 1.165) is 30.1 Å². The second-order valence-corrected chi connectivity index (χ2v) is 10.4. The Bertz CT molecular complexity index is 1560. The van der Waals surface area contributed by atoms with E-state index in [9.17, 15) is 18.4 Å². The lowest BCUT2D eigenvalue weighted by Crippen LogP contribution is -2.39. The lowest BCUT2D eigenvalue weighted by atomic mass is 9.85. The van der Waals surface area contributed by atoms with Gasteiger partial charge in [0.15, 0.2) is 5.65 Å². The number of nitrogens with zero attached hydrogens (tertiary/aromatic N) is 4. The first-order chi connectivity index (χ1) is 18.2. The molecule has 0 saturated heterocycles. The molecule has 1 N–H and O–H groups in total. The molecule has 0 aliphatic heterocycles. The Morgan fingerprint density at radius 3 is 2.61 bits per heavy atom. The number of imidazole rings is 1. The Balaban J connectivity index is 1.31. The van der Waals surface area contributed by atoms with Gasteiger partial charge in [0.2, 0.25) is 0 Å². The van der Waals surface area contributed by atoms with Gasteiger partial charge in [0.25, 0.3) is 12.3 Å². The molecule has 3 heterocycles. The molecule has 1 aliphatic carbocycles. The second-order valence-electron chi connectivity index (χ2n) is 9.59. The van der Waals surface area contributed by atoms with Crippen LogP contribution in [0.5, 0.6) is 0 Å². The summed E-state index contributed by atoms with van der Waals surface area (Å²) in [6.45, 7) is 2.40. The molecule has 0 unspecified atom stereocenters. The van der Waals surface area contributed by atoms with Crippen molar-refractivity contribution < 1.29 is 13.6 Å². The molecule has 4 aromatic rings. The predicted molar refractivity (Wildman–Crippen MR) is 142 cm³/mol. The average Bonchev–Trinajstić information content (AvgIpc) is 3.17. The van der Waals surface area contributed by atoms with Crippen LogP contribution in [-0.4, -0.2) is 31.1 Å². The normalized spacial score (nSPS) is 17.7. The summed E-state index contributed by atoms with van der Waals surface area (Å²) in [5.41, 5.74) is 1.87.